The number of aromatic amines is 2. The summed E-state index contributed by atoms with van der Waals surface area (Å²) in [7, 11) is 0. The summed E-state index contributed by atoms with van der Waals surface area (Å²) < 4.78 is 41.8. The number of aliphatic carboxylic acids is 1. The number of nitrogens with one attached hydrogen (secondary N) is 3. The maximum absolute atomic E-state index is 13.5. The minimum atomic E-state index is -0.833. The number of allylic oxidation sites excluding steroid dienone is 2. The van der Waals surface area contributed by atoms with Gasteiger partial charge in [0.05, 0.1) is 64.7 Å². The van der Waals surface area contributed by atoms with E-state index in [1.54, 1.807) is 85.9 Å². The molecule has 5 rings (SSSR count). The zero-order valence-corrected chi connectivity index (χ0v) is 35.8. The van der Waals surface area contributed by atoms with Crippen LogP contribution in [0.4, 0.5) is 8.78 Å². The minimum absolute atomic E-state index is 0. The lowest BCUT2D eigenvalue weighted by Gasteiger charge is -2.31. The van der Waals surface area contributed by atoms with Gasteiger partial charge in [-0.05, 0) is 111 Å². The second-order valence-electron chi connectivity index (χ2n) is 14.0. The average molecular weight is 853 g/mol. The summed E-state index contributed by atoms with van der Waals surface area (Å²) in [5.41, 5.74) is 5.39. The average Bonchev–Trinajstić information content (AvgIpc) is 3.81. The Bertz CT molecular complexity index is 2120. The van der Waals surface area contributed by atoms with Crippen molar-refractivity contribution in [1.82, 2.24) is 31.9 Å². The third kappa shape index (κ3) is 16.8. The Labute approximate surface area is 352 Å². The van der Waals surface area contributed by atoms with E-state index in [4.69, 9.17) is 24.1 Å². The molecular formula is C43H54F2N6O10. The fourth-order valence-corrected chi connectivity index (χ4v) is 5.50. The number of aldehydes is 1. The van der Waals surface area contributed by atoms with Gasteiger partial charge in [0, 0.05) is 35.0 Å². The number of carboxylic acid groups (broad SMARTS) is 1. The van der Waals surface area contributed by atoms with Crippen molar-refractivity contribution < 1.29 is 56.9 Å². The maximum Gasteiger partial charge on any atom is 0.337 e. The van der Waals surface area contributed by atoms with Gasteiger partial charge in [0.25, 0.3) is 5.97 Å². The Morgan fingerprint density at radius 2 is 1.10 bits per heavy atom. The molecule has 7 N–H and O–H groups in total. The fraction of sp³-hybridized carbons (Fsp3) is 0.349. The van der Waals surface area contributed by atoms with Crippen molar-refractivity contribution in [2.75, 3.05) is 0 Å². The lowest BCUT2D eigenvalue weighted by molar-refractivity contribution is -0.149. The summed E-state index contributed by atoms with van der Waals surface area (Å²) in [4.78, 5) is 66.8. The van der Waals surface area contributed by atoms with Crippen LogP contribution in [0, 0.1) is 11.6 Å². The predicted molar refractivity (Wildman–Crippen MR) is 222 cm³/mol. The van der Waals surface area contributed by atoms with Crippen molar-refractivity contribution >= 4 is 35.9 Å². The molecule has 0 aliphatic carbocycles. The molecule has 0 saturated carbocycles. The highest BCUT2D eigenvalue weighted by atomic mass is 19.1. The first kappa shape index (κ1) is 52.2. The lowest BCUT2D eigenvalue weighted by Crippen LogP contribution is -2.33. The number of ketones is 1. The topological polar surface area (TPSA) is 255 Å². The zero-order valence-electron chi connectivity index (χ0n) is 35.8. The van der Waals surface area contributed by atoms with E-state index in [0.717, 1.165) is 12.5 Å². The van der Waals surface area contributed by atoms with Gasteiger partial charge < -0.3 is 30.8 Å². The van der Waals surface area contributed by atoms with Crippen LogP contribution in [0.1, 0.15) is 97.5 Å². The monoisotopic (exact) mass is 852 g/mol. The number of hydrogen-bond acceptors (Lipinski definition) is 13. The van der Waals surface area contributed by atoms with E-state index in [1.807, 2.05) is 0 Å². The van der Waals surface area contributed by atoms with Crippen LogP contribution in [0.25, 0.3) is 22.5 Å². The number of Topliss-reactive ketones (excluding diaryl/α,β-unsaturated/α-hetero) is 1. The molecule has 0 saturated heterocycles. The van der Waals surface area contributed by atoms with Crippen molar-refractivity contribution in [2.24, 2.45) is 0 Å². The Kier molecular flexibility index (Phi) is 21.4. The molecule has 0 spiro atoms. The van der Waals surface area contributed by atoms with Crippen molar-refractivity contribution in [3.8, 4) is 22.5 Å². The van der Waals surface area contributed by atoms with Gasteiger partial charge >= 0.3 is 17.9 Å². The quantitative estimate of drug-likeness (QED) is 0.0423. The van der Waals surface area contributed by atoms with E-state index in [0.29, 0.717) is 56.9 Å². The molecule has 2 aromatic carbocycles. The number of esters is 3. The second-order valence-corrected chi connectivity index (χ2v) is 14.0. The number of rotatable bonds is 11. The number of dihydropyridines is 1. The third-order valence-electron chi connectivity index (χ3n) is 7.69. The van der Waals surface area contributed by atoms with Crippen LogP contribution in [-0.2, 0) is 38.2 Å². The summed E-state index contributed by atoms with van der Waals surface area (Å²) in [5.74, 6) is -3.97. The van der Waals surface area contributed by atoms with E-state index < -0.39 is 29.8 Å². The SMILES string of the molecule is CC(=O)CC(=O)OC(C)C.CC(=O)O.CC1=C(C(=O)OC(C)C)C(c2cn[nH]c2-c2ccc(F)cc2)C(C(=O)OC(C)C)=C(C)N1.N.O=Cc1cn[nH]c1-c1ccc(F)cc1. The van der Waals surface area contributed by atoms with Gasteiger partial charge in [-0.25, -0.2) is 18.4 Å². The normalized spacial score (nSPS) is 12.0. The predicted octanol–water partition coefficient (Wildman–Crippen LogP) is 7.55. The highest BCUT2D eigenvalue weighted by Crippen LogP contribution is 2.42. The Morgan fingerprint density at radius 1 is 0.705 bits per heavy atom. The summed E-state index contributed by atoms with van der Waals surface area (Å²) in [6.07, 6.45) is 2.78. The van der Waals surface area contributed by atoms with Crippen molar-refractivity contribution in [2.45, 2.75) is 99.9 Å². The zero-order chi connectivity index (χ0) is 45.3. The number of ether oxygens (including phenoxy) is 3. The molecule has 0 unspecified atom stereocenters. The van der Waals surface area contributed by atoms with E-state index in [-0.39, 0.29) is 48.3 Å². The Morgan fingerprint density at radius 3 is 1.49 bits per heavy atom. The minimum Gasteiger partial charge on any atom is -0.481 e. The van der Waals surface area contributed by atoms with Crippen LogP contribution in [0.2, 0.25) is 0 Å². The Hall–Kier alpha value is -6.82. The van der Waals surface area contributed by atoms with Crippen LogP contribution < -0.4 is 11.5 Å². The summed E-state index contributed by atoms with van der Waals surface area (Å²) in [6.45, 7) is 16.5. The van der Waals surface area contributed by atoms with Gasteiger partial charge in [-0.15, -0.1) is 0 Å². The van der Waals surface area contributed by atoms with Gasteiger partial charge in [-0.1, -0.05) is 0 Å². The van der Waals surface area contributed by atoms with Crippen molar-refractivity contribution in [3.63, 3.8) is 0 Å². The molecule has 18 heteroatoms. The van der Waals surface area contributed by atoms with Crippen LogP contribution in [0.3, 0.4) is 0 Å². The number of carboxylic acids is 1. The standard InChI is InChI=1S/C24H28FN3O4.C10H7FN2O.C7H12O3.C2H4O2.H3N/c1-12(2)31-23(29)19-14(5)27-15(6)20(24(30)32-13(3)4)21(19)18-11-26-28-22(18)16-7-9-17(25)10-8-16;11-9-3-1-7(2-4-9)10-8(6-14)5-12-13-10;1-5(2)10-7(9)4-6(3)8;1-2(3)4;/h7-13,21,27H,1-6H3,(H,26,28);1-6H,(H,12,13);5H,4H2,1-3H3;1H3,(H,3,4);1H3. The van der Waals surface area contributed by atoms with E-state index in [1.165, 1.54) is 37.4 Å². The molecule has 1 aliphatic rings. The van der Waals surface area contributed by atoms with Gasteiger partial charge in [0.2, 0.25) is 0 Å². The number of carbonyl (C=O) groups is 6. The van der Waals surface area contributed by atoms with Gasteiger partial charge in [-0.3, -0.25) is 29.4 Å². The highest BCUT2D eigenvalue weighted by Gasteiger charge is 2.40. The lowest BCUT2D eigenvalue weighted by atomic mass is 9.79. The summed E-state index contributed by atoms with van der Waals surface area (Å²) in [5, 5.41) is 24.1. The van der Waals surface area contributed by atoms with Crippen molar-refractivity contribution in [3.05, 3.63) is 106 Å². The number of halogens is 2. The number of hydrogen-bond donors (Lipinski definition) is 5. The van der Waals surface area contributed by atoms with E-state index in [9.17, 15) is 32.8 Å². The molecule has 3 heterocycles. The van der Waals surface area contributed by atoms with Crippen LogP contribution in [0.15, 0.2) is 83.5 Å². The molecule has 0 amide bonds. The van der Waals surface area contributed by atoms with Gasteiger partial charge in [0.1, 0.15) is 23.8 Å². The molecule has 0 fully saturated rings. The molecule has 0 atom stereocenters. The van der Waals surface area contributed by atoms with Crippen LogP contribution >= 0.6 is 0 Å². The number of aromatic nitrogens is 4. The number of H-pyrrole nitrogens is 2. The molecule has 61 heavy (non-hydrogen) atoms. The van der Waals surface area contributed by atoms with Crippen LogP contribution in [-0.4, -0.2) is 79.8 Å². The van der Waals surface area contributed by atoms with Crippen molar-refractivity contribution in [1.29, 1.82) is 0 Å². The van der Waals surface area contributed by atoms with Crippen LogP contribution in [0.5, 0.6) is 0 Å². The number of benzene rings is 2. The fourth-order valence-electron chi connectivity index (χ4n) is 5.50. The molecule has 0 radical (unpaired) electrons. The van der Waals surface area contributed by atoms with Gasteiger partial charge in [-0.2, -0.15) is 10.2 Å². The third-order valence-corrected chi connectivity index (χ3v) is 7.69. The first-order chi connectivity index (χ1) is 28.2. The largest absolute Gasteiger partial charge is 0.481 e. The molecular weight excluding hydrogens is 799 g/mol. The molecule has 0 bridgehead atoms. The molecule has 2 aromatic heterocycles. The first-order valence-corrected chi connectivity index (χ1v) is 18.7. The van der Waals surface area contributed by atoms with E-state index >= 15 is 0 Å². The number of carbonyl (C=O) groups excluding carboxylic acids is 5. The highest BCUT2D eigenvalue weighted by molar-refractivity contribution is 6.00. The van der Waals surface area contributed by atoms with E-state index in [2.05, 4.69) is 25.7 Å². The number of nitrogens with zero attached hydrogens (tertiary/aromatic N) is 2. The molecule has 4 aromatic rings. The second kappa shape index (κ2) is 25.0. The molecule has 330 valence electrons. The maximum atomic E-state index is 13.5. The first-order valence-electron chi connectivity index (χ1n) is 18.7. The summed E-state index contributed by atoms with van der Waals surface area (Å²) in [6, 6.07) is 11.8. The Balaban J connectivity index is 0.000000525. The van der Waals surface area contributed by atoms with Gasteiger partial charge in [0.15, 0.2) is 6.29 Å². The summed E-state index contributed by atoms with van der Waals surface area (Å²) >= 11 is 0. The smallest absolute Gasteiger partial charge is 0.337 e. The molecule has 16 nitrogen and oxygen atoms in total. The molecule has 1 aliphatic heterocycles.